The van der Waals surface area contributed by atoms with Crippen LogP contribution in [-0.4, -0.2) is 37.5 Å². The molecule has 0 aliphatic carbocycles. The molecule has 1 atom stereocenters. The topological polar surface area (TPSA) is 66.5 Å². The summed E-state index contributed by atoms with van der Waals surface area (Å²) in [5.74, 6) is 0.0330. The predicted molar refractivity (Wildman–Crippen MR) is 96.2 cm³/mol. The standard InChI is InChI=1S/C18H28N2O3S/c1-5-24(22,23)20-10-8-16(9-11-20)18(21)19-15(4)17-7-6-13(2)12-14(17)3/h6-7,12,15-16H,5,8-11H2,1-4H3,(H,19,21)/t15-/m1/s1. The van der Waals surface area contributed by atoms with Crippen LogP contribution in [0.2, 0.25) is 0 Å². The lowest BCUT2D eigenvalue weighted by atomic mass is 9.95. The summed E-state index contributed by atoms with van der Waals surface area (Å²) in [4.78, 5) is 12.5. The first-order valence-corrected chi connectivity index (χ1v) is 10.2. The molecular formula is C18H28N2O3S. The summed E-state index contributed by atoms with van der Waals surface area (Å²) in [6.07, 6.45) is 1.18. The van der Waals surface area contributed by atoms with Crippen molar-refractivity contribution in [3.63, 3.8) is 0 Å². The molecule has 0 bridgehead atoms. The molecule has 1 aromatic rings. The highest BCUT2D eigenvalue weighted by Crippen LogP contribution is 2.23. The molecule has 6 heteroatoms. The van der Waals surface area contributed by atoms with Crippen LogP contribution in [0, 0.1) is 19.8 Å². The van der Waals surface area contributed by atoms with Crippen molar-refractivity contribution in [2.24, 2.45) is 5.92 Å². The molecule has 0 aromatic heterocycles. The zero-order chi connectivity index (χ0) is 17.9. The summed E-state index contributed by atoms with van der Waals surface area (Å²) in [5, 5.41) is 3.09. The average Bonchev–Trinajstić information content (AvgIpc) is 2.54. The van der Waals surface area contributed by atoms with Gasteiger partial charge >= 0.3 is 0 Å². The van der Waals surface area contributed by atoms with Crippen LogP contribution in [0.3, 0.4) is 0 Å². The Hall–Kier alpha value is -1.40. The monoisotopic (exact) mass is 352 g/mol. The highest BCUT2D eigenvalue weighted by Gasteiger charge is 2.30. The van der Waals surface area contributed by atoms with Gasteiger partial charge in [-0.25, -0.2) is 12.7 Å². The number of carbonyl (C=O) groups is 1. The lowest BCUT2D eigenvalue weighted by Crippen LogP contribution is -2.43. The van der Waals surface area contributed by atoms with Crippen LogP contribution in [0.25, 0.3) is 0 Å². The van der Waals surface area contributed by atoms with Crippen molar-refractivity contribution >= 4 is 15.9 Å². The minimum Gasteiger partial charge on any atom is -0.349 e. The molecule has 0 radical (unpaired) electrons. The van der Waals surface area contributed by atoms with Gasteiger partial charge in [0.25, 0.3) is 0 Å². The molecular weight excluding hydrogens is 324 g/mol. The molecule has 1 heterocycles. The number of nitrogens with one attached hydrogen (secondary N) is 1. The molecule has 1 aliphatic heterocycles. The van der Waals surface area contributed by atoms with E-state index in [1.165, 1.54) is 15.4 Å². The maximum atomic E-state index is 12.5. The molecule has 0 unspecified atom stereocenters. The molecule has 1 aromatic carbocycles. The van der Waals surface area contributed by atoms with Crippen LogP contribution >= 0.6 is 0 Å². The number of hydrogen-bond donors (Lipinski definition) is 1. The maximum absolute atomic E-state index is 12.5. The summed E-state index contributed by atoms with van der Waals surface area (Å²) >= 11 is 0. The SMILES string of the molecule is CCS(=O)(=O)N1CCC(C(=O)N[C@H](C)c2ccc(C)cc2C)CC1. The lowest BCUT2D eigenvalue weighted by Gasteiger charge is -2.31. The van der Waals surface area contributed by atoms with Crippen molar-refractivity contribution in [1.29, 1.82) is 0 Å². The van der Waals surface area contributed by atoms with Gasteiger partial charge in [0.1, 0.15) is 0 Å². The van der Waals surface area contributed by atoms with Gasteiger partial charge in [0.15, 0.2) is 0 Å². The third kappa shape index (κ3) is 4.36. The van der Waals surface area contributed by atoms with Gasteiger partial charge in [0.05, 0.1) is 11.8 Å². The van der Waals surface area contributed by atoms with Gasteiger partial charge in [0, 0.05) is 19.0 Å². The Balaban J connectivity index is 1.94. The van der Waals surface area contributed by atoms with Crippen molar-refractivity contribution in [1.82, 2.24) is 9.62 Å². The Morgan fingerprint density at radius 1 is 1.29 bits per heavy atom. The van der Waals surface area contributed by atoms with E-state index in [4.69, 9.17) is 0 Å². The number of amides is 1. The van der Waals surface area contributed by atoms with Crippen molar-refractivity contribution in [2.45, 2.75) is 46.6 Å². The Labute approximate surface area is 145 Å². The van der Waals surface area contributed by atoms with Gasteiger partial charge in [-0.15, -0.1) is 0 Å². The third-order valence-electron chi connectivity index (χ3n) is 4.83. The molecule has 1 fully saturated rings. The van der Waals surface area contributed by atoms with E-state index in [9.17, 15) is 13.2 Å². The van der Waals surface area contributed by atoms with E-state index >= 15 is 0 Å². The fourth-order valence-corrected chi connectivity index (χ4v) is 4.43. The molecule has 1 amide bonds. The average molecular weight is 353 g/mol. The number of piperidine rings is 1. The highest BCUT2D eigenvalue weighted by molar-refractivity contribution is 7.89. The Morgan fingerprint density at radius 2 is 1.92 bits per heavy atom. The second-order valence-electron chi connectivity index (χ2n) is 6.66. The zero-order valence-electron chi connectivity index (χ0n) is 15.0. The fraction of sp³-hybridized carbons (Fsp3) is 0.611. The Morgan fingerprint density at radius 3 is 2.46 bits per heavy atom. The summed E-state index contributed by atoms with van der Waals surface area (Å²) in [7, 11) is -3.14. The summed E-state index contributed by atoms with van der Waals surface area (Å²) in [5.41, 5.74) is 3.51. The molecule has 24 heavy (non-hydrogen) atoms. The first-order chi connectivity index (χ1) is 11.2. The number of benzene rings is 1. The van der Waals surface area contributed by atoms with Crippen LogP contribution in [0.5, 0.6) is 0 Å². The minimum absolute atomic E-state index is 0.0241. The van der Waals surface area contributed by atoms with Crippen molar-refractivity contribution in [3.8, 4) is 0 Å². The van der Waals surface area contributed by atoms with E-state index in [1.807, 2.05) is 6.92 Å². The number of sulfonamides is 1. The number of rotatable bonds is 5. The van der Waals surface area contributed by atoms with Crippen LogP contribution in [0.1, 0.15) is 49.4 Å². The van der Waals surface area contributed by atoms with Gasteiger partial charge in [-0.3, -0.25) is 4.79 Å². The second-order valence-corrected chi connectivity index (χ2v) is 8.92. The van der Waals surface area contributed by atoms with Gasteiger partial charge in [0.2, 0.25) is 15.9 Å². The molecule has 1 saturated heterocycles. The first kappa shape index (κ1) is 18.9. The summed E-state index contributed by atoms with van der Waals surface area (Å²) in [6.45, 7) is 8.63. The van der Waals surface area contributed by atoms with Crippen LogP contribution in [-0.2, 0) is 14.8 Å². The van der Waals surface area contributed by atoms with Crippen molar-refractivity contribution in [2.75, 3.05) is 18.8 Å². The largest absolute Gasteiger partial charge is 0.349 e. The number of hydrogen-bond acceptors (Lipinski definition) is 3. The van der Waals surface area contributed by atoms with Gasteiger partial charge in [-0.2, -0.15) is 0 Å². The highest BCUT2D eigenvalue weighted by atomic mass is 32.2. The van der Waals surface area contributed by atoms with Crippen molar-refractivity contribution in [3.05, 3.63) is 34.9 Å². The molecule has 1 N–H and O–H groups in total. The van der Waals surface area contributed by atoms with Gasteiger partial charge in [-0.05, 0) is 51.7 Å². The summed E-state index contributed by atoms with van der Waals surface area (Å²) < 4.78 is 25.3. The van der Waals surface area contributed by atoms with E-state index in [0.29, 0.717) is 25.9 Å². The number of nitrogens with zero attached hydrogens (tertiary/aromatic N) is 1. The van der Waals surface area contributed by atoms with Crippen LogP contribution in [0.4, 0.5) is 0 Å². The van der Waals surface area contributed by atoms with E-state index in [1.54, 1.807) is 6.92 Å². The van der Waals surface area contributed by atoms with E-state index < -0.39 is 10.0 Å². The Kier molecular flexibility index (Phi) is 6.04. The number of carbonyl (C=O) groups excluding carboxylic acids is 1. The molecule has 0 spiro atoms. The van der Waals surface area contributed by atoms with Gasteiger partial charge < -0.3 is 5.32 Å². The van der Waals surface area contributed by atoms with Gasteiger partial charge in [-0.1, -0.05) is 23.8 Å². The zero-order valence-corrected chi connectivity index (χ0v) is 15.8. The predicted octanol–water partition coefficient (Wildman–Crippen LogP) is 2.54. The normalized spacial score (nSPS) is 18.3. The molecule has 5 nitrogen and oxygen atoms in total. The Bertz CT molecular complexity index is 692. The third-order valence-corrected chi connectivity index (χ3v) is 6.72. The van der Waals surface area contributed by atoms with Crippen molar-refractivity contribution < 1.29 is 13.2 Å². The second kappa shape index (κ2) is 7.66. The maximum Gasteiger partial charge on any atom is 0.223 e. The van der Waals surface area contributed by atoms with E-state index in [2.05, 4.69) is 37.4 Å². The van der Waals surface area contributed by atoms with Crippen LogP contribution < -0.4 is 5.32 Å². The van der Waals surface area contributed by atoms with E-state index in [-0.39, 0.29) is 23.6 Å². The minimum atomic E-state index is -3.14. The quantitative estimate of drug-likeness (QED) is 0.885. The lowest BCUT2D eigenvalue weighted by molar-refractivity contribution is -0.126. The molecule has 1 aliphatic rings. The number of aryl methyl sites for hydroxylation is 2. The molecule has 134 valence electrons. The van der Waals surface area contributed by atoms with E-state index in [0.717, 1.165) is 5.56 Å². The first-order valence-electron chi connectivity index (χ1n) is 8.60. The van der Waals surface area contributed by atoms with Crippen LogP contribution in [0.15, 0.2) is 18.2 Å². The summed E-state index contributed by atoms with van der Waals surface area (Å²) in [6, 6.07) is 6.19. The fourth-order valence-electron chi connectivity index (χ4n) is 3.30. The molecule has 2 rings (SSSR count). The molecule has 0 saturated carbocycles. The smallest absolute Gasteiger partial charge is 0.223 e.